The van der Waals surface area contributed by atoms with Crippen LogP contribution in [0.4, 0.5) is 0 Å². The van der Waals surface area contributed by atoms with Crippen molar-refractivity contribution in [3.05, 3.63) is 11.6 Å². The van der Waals surface area contributed by atoms with Crippen molar-refractivity contribution >= 4 is 10.0 Å². The van der Waals surface area contributed by atoms with E-state index in [1.54, 1.807) is 4.31 Å². The summed E-state index contributed by atoms with van der Waals surface area (Å²) in [6, 6.07) is 0.316. The summed E-state index contributed by atoms with van der Waals surface area (Å²) in [5.74, 6) is 0.388. The molecule has 0 radical (unpaired) electrons. The van der Waals surface area contributed by atoms with Crippen molar-refractivity contribution < 1.29 is 8.42 Å². The molecule has 2 atom stereocenters. The molecule has 2 rings (SSSR count). The van der Waals surface area contributed by atoms with E-state index in [1.807, 2.05) is 0 Å². The van der Waals surface area contributed by atoms with Crippen molar-refractivity contribution in [2.45, 2.75) is 38.1 Å². The molecule has 0 aromatic heterocycles. The minimum Gasteiger partial charge on any atom is -0.327 e. The predicted molar refractivity (Wildman–Crippen MR) is 69.1 cm³/mol. The van der Waals surface area contributed by atoms with Gasteiger partial charge in [0.1, 0.15) is 0 Å². The minimum atomic E-state index is -3.02. The molecule has 1 saturated carbocycles. The Bertz CT molecular complexity index is 403. The van der Waals surface area contributed by atoms with E-state index in [9.17, 15) is 8.42 Å². The molecule has 2 N–H and O–H groups in total. The molecule has 17 heavy (non-hydrogen) atoms. The first-order chi connectivity index (χ1) is 7.95. The van der Waals surface area contributed by atoms with E-state index >= 15 is 0 Å². The van der Waals surface area contributed by atoms with Crippen LogP contribution in [-0.4, -0.2) is 38.1 Å². The van der Waals surface area contributed by atoms with E-state index in [-0.39, 0.29) is 0 Å². The van der Waals surface area contributed by atoms with Crippen LogP contribution in [0.25, 0.3) is 0 Å². The molecule has 2 unspecified atom stereocenters. The summed E-state index contributed by atoms with van der Waals surface area (Å²) in [5, 5.41) is 0. The lowest BCUT2D eigenvalue weighted by Gasteiger charge is -2.29. The second kappa shape index (κ2) is 5.08. The summed E-state index contributed by atoms with van der Waals surface area (Å²) in [6.45, 7) is 1.33. The van der Waals surface area contributed by atoms with E-state index in [2.05, 4.69) is 6.08 Å². The van der Waals surface area contributed by atoms with Crippen LogP contribution in [0.3, 0.4) is 0 Å². The predicted octanol–water partition coefficient (Wildman–Crippen LogP) is 1.10. The van der Waals surface area contributed by atoms with Crippen LogP contribution in [-0.2, 0) is 10.0 Å². The lowest BCUT2D eigenvalue weighted by atomic mass is 9.96. The number of hydrogen-bond acceptors (Lipinski definition) is 3. The van der Waals surface area contributed by atoms with Crippen molar-refractivity contribution in [1.29, 1.82) is 0 Å². The normalized spacial score (nSPS) is 34.4. The second-order valence-corrected chi connectivity index (χ2v) is 7.33. The summed E-state index contributed by atoms with van der Waals surface area (Å²) in [7, 11) is -3.02. The highest BCUT2D eigenvalue weighted by Crippen LogP contribution is 2.28. The average molecular weight is 258 g/mol. The van der Waals surface area contributed by atoms with Gasteiger partial charge in [0.15, 0.2) is 0 Å². The zero-order valence-electron chi connectivity index (χ0n) is 10.4. The van der Waals surface area contributed by atoms with Gasteiger partial charge in [0.05, 0.1) is 6.26 Å². The lowest BCUT2D eigenvalue weighted by molar-refractivity contribution is 0.301. The van der Waals surface area contributed by atoms with Crippen molar-refractivity contribution in [3.8, 4) is 0 Å². The molecule has 0 bridgehead atoms. The Morgan fingerprint density at radius 2 is 2.18 bits per heavy atom. The highest BCUT2D eigenvalue weighted by molar-refractivity contribution is 7.88. The quantitative estimate of drug-likeness (QED) is 0.754. The molecule has 0 aromatic carbocycles. The van der Waals surface area contributed by atoms with Gasteiger partial charge in [-0.2, -0.15) is 0 Å². The van der Waals surface area contributed by atoms with E-state index in [4.69, 9.17) is 5.73 Å². The van der Waals surface area contributed by atoms with Gasteiger partial charge < -0.3 is 5.73 Å². The third kappa shape index (κ3) is 3.53. The van der Waals surface area contributed by atoms with E-state index in [1.165, 1.54) is 11.8 Å². The van der Waals surface area contributed by atoms with Gasteiger partial charge in [-0.25, -0.2) is 12.7 Å². The fraction of sp³-hybridized carbons (Fsp3) is 0.833. The van der Waals surface area contributed by atoms with Gasteiger partial charge >= 0.3 is 0 Å². The summed E-state index contributed by atoms with van der Waals surface area (Å²) >= 11 is 0. The van der Waals surface area contributed by atoms with E-state index in [0.717, 1.165) is 32.1 Å². The van der Waals surface area contributed by atoms with Crippen LogP contribution >= 0.6 is 0 Å². The molecule has 1 saturated heterocycles. The van der Waals surface area contributed by atoms with Crippen molar-refractivity contribution in [2.24, 2.45) is 11.7 Å². The van der Waals surface area contributed by atoms with Crippen LogP contribution in [0.15, 0.2) is 11.6 Å². The van der Waals surface area contributed by atoms with E-state index in [0.29, 0.717) is 25.0 Å². The number of nitrogens with two attached hydrogens (primary N) is 1. The Balaban J connectivity index is 1.98. The summed E-state index contributed by atoms with van der Waals surface area (Å²) in [6.07, 6.45) is 8.82. The van der Waals surface area contributed by atoms with Crippen molar-refractivity contribution in [2.75, 3.05) is 19.3 Å². The summed E-state index contributed by atoms with van der Waals surface area (Å²) in [5.41, 5.74) is 7.31. The van der Waals surface area contributed by atoms with Gasteiger partial charge in [-0.1, -0.05) is 11.6 Å². The highest BCUT2D eigenvalue weighted by atomic mass is 32.2. The Morgan fingerprint density at radius 1 is 1.41 bits per heavy atom. The molecular formula is C12H22N2O2S. The Kier molecular flexibility index (Phi) is 3.90. The van der Waals surface area contributed by atoms with Gasteiger partial charge in [-0.05, 0) is 38.0 Å². The molecule has 98 valence electrons. The second-order valence-electron chi connectivity index (χ2n) is 5.35. The monoisotopic (exact) mass is 258 g/mol. The first-order valence-corrected chi connectivity index (χ1v) is 8.20. The fourth-order valence-corrected chi connectivity index (χ4v) is 3.73. The largest absolute Gasteiger partial charge is 0.327 e. The summed E-state index contributed by atoms with van der Waals surface area (Å²) < 4.78 is 24.6. The fourth-order valence-electron chi connectivity index (χ4n) is 2.81. The van der Waals surface area contributed by atoms with Crippen LogP contribution in [0.2, 0.25) is 0 Å². The Labute approximate surface area is 104 Å². The molecule has 4 nitrogen and oxygen atoms in total. The molecular weight excluding hydrogens is 236 g/mol. The Hall–Kier alpha value is -0.390. The maximum Gasteiger partial charge on any atom is 0.211 e. The van der Waals surface area contributed by atoms with Crippen LogP contribution < -0.4 is 5.73 Å². The Morgan fingerprint density at radius 3 is 2.76 bits per heavy atom. The zero-order valence-corrected chi connectivity index (χ0v) is 11.2. The molecule has 1 aliphatic heterocycles. The lowest BCUT2D eigenvalue weighted by Crippen LogP contribution is -2.38. The first kappa shape index (κ1) is 13.1. The van der Waals surface area contributed by atoms with Gasteiger partial charge in [0, 0.05) is 19.1 Å². The molecule has 5 heteroatoms. The number of piperidine rings is 1. The first-order valence-electron chi connectivity index (χ1n) is 6.35. The average Bonchev–Trinajstić information content (AvgIpc) is 2.63. The maximum atomic E-state index is 11.5. The molecule has 0 aromatic rings. The van der Waals surface area contributed by atoms with Crippen LogP contribution in [0.5, 0.6) is 0 Å². The topological polar surface area (TPSA) is 63.4 Å². The maximum absolute atomic E-state index is 11.5. The van der Waals surface area contributed by atoms with Gasteiger partial charge in [0.25, 0.3) is 0 Å². The molecule has 2 aliphatic rings. The number of nitrogens with zero attached hydrogens (tertiary/aromatic N) is 1. The van der Waals surface area contributed by atoms with Gasteiger partial charge in [-0.3, -0.25) is 0 Å². The number of sulfonamides is 1. The summed E-state index contributed by atoms with van der Waals surface area (Å²) in [4.78, 5) is 0. The van der Waals surface area contributed by atoms with Crippen molar-refractivity contribution in [3.63, 3.8) is 0 Å². The standard InChI is InChI=1S/C12H22N2O2S/c1-17(15,16)14-6-2-3-11(9-14)7-10-4-5-12(13)8-10/h7,11-12H,2-6,8-9,13H2,1H3. The number of hydrogen-bond donors (Lipinski definition) is 1. The van der Waals surface area contributed by atoms with Crippen LogP contribution in [0, 0.1) is 5.92 Å². The highest BCUT2D eigenvalue weighted by Gasteiger charge is 2.25. The zero-order chi connectivity index (χ0) is 12.5. The van der Waals surface area contributed by atoms with Crippen LogP contribution in [0.1, 0.15) is 32.1 Å². The van der Waals surface area contributed by atoms with Gasteiger partial charge in [0.2, 0.25) is 10.0 Å². The molecule has 0 amide bonds. The third-order valence-corrected chi connectivity index (χ3v) is 4.99. The van der Waals surface area contributed by atoms with E-state index < -0.39 is 10.0 Å². The minimum absolute atomic E-state index is 0.316. The molecule has 1 aliphatic carbocycles. The smallest absolute Gasteiger partial charge is 0.211 e. The number of rotatable bonds is 2. The molecule has 0 spiro atoms. The third-order valence-electron chi connectivity index (χ3n) is 3.72. The molecule has 1 heterocycles. The molecule has 2 fully saturated rings. The van der Waals surface area contributed by atoms with Gasteiger partial charge in [-0.15, -0.1) is 0 Å². The SMILES string of the molecule is CS(=O)(=O)N1CCCC(C=C2CCC(N)C2)C1. The van der Waals surface area contributed by atoms with Crippen molar-refractivity contribution in [1.82, 2.24) is 4.31 Å².